The lowest BCUT2D eigenvalue weighted by atomic mass is 10.3. The topological polar surface area (TPSA) is 44.3 Å². The SMILES string of the molecule is CCN(C)c1cncnc1N1CCNCC1. The third kappa shape index (κ3) is 2.24. The Bertz CT molecular complexity index is 335. The summed E-state index contributed by atoms with van der Waals surface area (Å²) < 4.78 is 0. The molecule has 1 fully saturated rings. The molecular weight excluding hydrogens is 202 g/mol. The van der Waals surface area contributed by atoms with E-state index in [1.165, 1.54) is 0 Å². The van der Waals surface area contributed by atoms with E-state index in [1.807, 2.05) is 6.20 Å². The van der Waals surface area contributed by atoms with E-state index in [9.17, 15) is 0 Å². The van der Waals surface area contributed by atoms with Gasteiger partial charge >= 0.3 is 0 Å². The molecular formula is C11H19N5. The molecule has 0 saturated carbocycles. The van der Waals surface area contributed by atoms with Crippen molar-refractivity contribution in [2.24, 2.45) is 0 Å². The van der Waals surface area contributed by atoms with Crippen molar-refractivity contribution in [2.75, 3.05) is 49.6 Å². The van der Waals surface area contributed by atoms with Crippen molar-refractivity contribution < 1.29 is 0 Å². The highest BCUT2D eigenvalue weighted by molar-refractivity contribution is 5.65. The van der Waals surface area contributed by atoms with Crippen LogP contribution < -0.4 is 15.1 Å². The second-order valence-corrected chi connectivity index (χ2v) is 3.98. The minimum Gasteiger partial charge on any atom is -0.371 e. The van der Waals surface area contributed by atoms with Gasteiger partial charge in [0.15, 0.2) is 5.82 Å². The maximum atomic E-state index is 4.42. The molecule has 1 aromatic rings. The molecule has 1 aliphatic rings. The van der Waals surface area contributed by atoms with Crippen LogP contribution in [0.3, 0.4) is 0 Å². The van der Waals surface area contributed by atoms with Gasteiger partial charge in [-0.3, -0.25) is 0 Å². The summed E-state index contributed by atoms with van der Waals surface area (Å²) in [5, 5.41) is 3.35. The summed E-state index contributed by atoms with van der Waals surface area (Å²) in [6.45, 7) is 7.18. The van der Waals surface area contributed by atoms with Gasteiger partial charge in [0.1, 0.15) is 6.33 Å². The number of hydrogen-bond acceptors (Lipinski definition) is 5. The molecule has 1 aromatic heterocycles. The first-order chi connectivity index (χ1) is 7.83. The molecule has 0 amide bonds. The van der Waals surface area contributed by atoms with Crippen LogP contribution in [0.1, 0.15) is 6.92 Å². The van der Waals surface area contributed by atoms with Crippen molar-refractivity contribution in [1.82, 2.24) is 15.3 Å². The van der Waals surface area contributed by atoms with Crippen LogP contribution in [0.5, 0.6) is 0 Å². The largest absolute Gasteiger partial charge is 0.371 e. The highest BCUT2D eigenvalue weighted by Crippen LogP contribution is 2.24. The van der Waals surface area contributed by atoms with Crippen molar-refractivity contribution in [3.05, 3.63) is 12.5 Å². The van der Waals surface area contributed by atoms with Crippen LogP contribution in [0.15, 0.2) is 12.5 Å². The van der Waals surface area contributed by atoms with Gasteiger partial charge in [-0.25, -0.2) is 9.97 Å². The Kier molecular flexibility index (Phi) is 3.56. The van der Waals surface area contributed by atoms with Crippen LogP contribution in [-0.4, -0.2) is 49.7 Å². The standard InChI is InChI=1S/C11H19N5/c1-3-15(2)10-8-13-9-14-11(10)16-6-4-12-5-7-16/h8-9,12H,3-7H2,1-2H3. The Morgan fingerprint density at radius 1 is 1.44 bits per heavy atom. The van der Waals surface area contributed by atoms with Crippen LogP contribution in [0.25, 0.3) is 0 Å². The first kappa shape index (κ1) is 11.1. The third-order valence-electron chi connectivity index (χ3n) is 2.97. The van der Waals surface area contributed by atoms with Crippen LogP contribution >= 0.6 is 0 Å². The Labute approximate surface area is 96.5 Å². The van der Waals surface area contributed by atoms with E-state index >= 15 is 0 Å². The lowest BCUT2D eigenvalue weighted by Gasteiger charge is -2.31. The van der Waals surface area contributed by atoms with Gasteiger partial charge in [-0.2, -0.15) is 0 Å². The van der Waals surface area contributed by atoms with E-state index in [1.54, 1.807) is 6.33 Å². The number of hydrogen-bond donors (Lipinski definition) is 1. The van der Waals surface area contributed by atoms with Crippen molar-refractivity contribution in [3.8, 4) is 0 Å². The fraction of sp³-hybridized carbons (Fsp3) is 0.636. The quantitative estimate of drug-likeness (QED) is 0.797. The van der Waals surface area contributed by atoms with Gasteiger partial charge in [0.05, 0.1) is 11.9 Å². The smallest absolute Gasteiger partial charge is 0.155 e. The van der Waals surface area contributed by atoms with Crippen LogP contribution in [-0.2, 0) is 0 Å². The zero-order chi connectivity index (χ0) is 11.4. The van der Waals surface area contributed by atoms with Crippen LogP contribution in [0, 0.1) is 0 Å². The van der Waals surface area contributed by atoms with Crippen molar-refractivity contribution >= 4 is 11.5 Å². The number of piperazine rings is 1. The highest BCUT2D eigenvalue weighted by Gasteiger charge is 2.16. The first-order valence-electron chi connectivity index (χ1n) is 5.79. The molecule has 5 heteroatoms. The molecule has 0 unspecified atom stereocenters. The predicted molar refractivity (Wildman–Crippen MR) is 66.1 cm³/mol. The molecule has 0 aromatic carbocycles. The number of rotatable bonds is 3. The molecule has 16 heavy (non-hydrogen) atoms. The summed E-state index contributed by atoms with van der Waals surface area (Å²) in [4.78, 5) is 13.0. The predicted octanol–water partition coefficient (Wildman–Crippen LogP) is 0.342. The lowest BCUT2D eigenvalue weighted by molar-refractivity contribution is 0.584. The summed E-state index contributed by atoms with van der Waals surface area (Å²) in [7, 11) is 2.07. The van der Waals surface area contributed by atoms with E-state index < -0.39 is 0 Å². The summed E-state index contributed by atoms with van der Waals surface area (Å²) in [5.74, 6) is 1.06. The minimum absolute atomic E-state index is 0.965. The maximum absolute atomic E-state index is 4.42. The number of nitrogens with zero attached hydrogens (tertiary/aromatic N) is 4. The van der Waals surface area contributed by atoms with E-state index in [0.29, 0.717) is 0 Å². The van der Waals surface area contributed by atoms with Crippen LogP contribution in [0.2, 0.25) is 0 Å². The summed E-state index contributed by atoms with van der Waals surface area (Å²) in [6.07, 6.45) is 3.53. The first-order valence-corrected chi connectivity index (χ1v) is 5.79. The van der Waals surface area contributed by atoms with Gasteiger partial charge < -0.3 is 15.1 Å². The van der Waals surface area contributed by atoms with Gasteiger partial charge in [-0.05, 0) is 6.92 Å². The Hall–Kier alpha value is -1.36. The minimum atomic E-state index is 0.965. The molecule has 0 spiro atoms. The number of aromatic nitrogens is 2. The molecule has 1 aliphatic heterocycles. The van der Waals surface area contributed by atoms with E-state index in [0.717, 1.165) is 44.2 Å². The summed E-state index contributed by atoms with van der Waals surface area (Å²) in [5.41, 5.74) is 1.12. The Balaban J connectivity index is 2.24. The van der Waals surface area contributed by atoms with Crippen molar-refractivity contribution in [2.45, 2.75) is 6.92 Å². The van der Waals surface area contributed by atoms with Gasteiger partial charge in [0.2, 0.25) is 0 Å². The fourth-order valence-electron chi connectivity index (χ4n) is 1.88. The van der Waals surface area contributed by atoms with Gasteiger partial charge in [-0.15, -0.1) is 0 Å². The Morgan fingerprint density at radius 2 is 2.19 bits per heavy atom. The average Bonchev–Trinajstić information content (AvgIpc) is 2.39. The third-order valence-corrected chi connectivity index (χ3v) is 2.97. The van der Waals surface area contributed by atoms with Gasteiger partial charge in [0, 0.05) is 39.8 Å². The monoisotopic (exact) mass is 221 g/mol. The number of anilines is 2. The maximum Gasteiger partial charge on any atom is 0.155 e. The van der Waals surface area contributed by atoms with Gasteiger partial charge in [0.25, 0.3) is 0 Å². The average molecular weight is 221 g/mol. The normalized spacial score (nSPS) is 16.2. The fourth-order valence-corrected chi connectivity index (χ4v) is 1.88. The second kappa shape index (κ2) is 5.12. The summed E-state index contributed by atoms with van der Waals surface area (Å²) in [6, 6.07) is 0. The highest BCUT2D eigenvalue weighted by atomic mass is 15.3. The number of nitrogens with one attached hydrogen (secondary N) is 1. The molecule has 0 aliphatic carbocycles. The molecule has 0 atom stereocenters. The van der Waals surface area contributed by atoms with Crippen molar-refractivity contribution in [3.63, 3.8) is 0 Å². The second-order valence-electron chi connectivity index (χ2n) is 3.98. The van der Waals surface area contributed by atoms with Crippen LogP contribution in [0.4, 0.5) is 11.5 Å². The molecule has 1 N–H and O–H groups in total. The molecule has 0 radical (unpaired) electrons. The van der Waals surface area contributed by atoms with E-state index in [-0.39, 0.29) is 0 Å². The molecule has 1 saturated heterocycles. The molecule has 88 valence electrons. The van der Waals surface area contributed by atoms with Crippen molar-refractivity contribution in [1.29, 1.82) is 0 Å². The zero-order valence-electron chi connectivity index (χ0n) is 9.98. The Morgan fingerprint density at radius 3 is 2.88 bits per heavy atom. The summed E-state index contributed by atoms with van der Waals surface area (Å²) >= 11 is 0. The molecule has 2 rings (SSSR count). The zero-order valence-corrected chi connectivity index (χ0v) is 9.98. The van der Waals surface area contributed by atoms with E-state index in [4.69, 9.17) is 0 Å². The van der Waals surface area contributed by atoms with E-state index in [2.05, 4.69) is 39.1 Å². The molecule has 2 heterocycles. The van der Waals surface area contributed by atoms with Gasteiger partial charge in [-0.1, -0.05) is 0 Å². The lowest BCUT2D eigenvalue weighted by Crippen LogP contribution is -2.44. The molecule has 0 bridgehead atoms. The molecule has 5 nitrogen and oxygen atoms in total.